The highest BCUT2D eigenvalue weighted by Gasteiger charge is 2.33. The Morgan fingerprint density at radius 3 is 2.71 bits per heavy atom. The second-order valence-corrected chi connectivity index (χ2v) is 8.26. The summed E-state index contributed by atoms with van der Waals surface area (Å²) < 4.78 is 8.48. The third-order valence-corrected chi connectivity index (χ3v) is 4.98. The van der Waals surface area contributed by atoms with E-state index in [1.807, 2.05) is 37.8 Å². The van der Waals surface area contributed by atoms with Gasteiger partial charge in [0.1, 0.15) is 10.2 Å². The van der Waals surface area contributed by atoms with E-state index < -0.39 is 5.60 Å². The van der Waals surface area contributed by atoms with Crippen LogP contribution in [0.2, 0.25) is 0 Å². The van der Waals surface area contributed by atoms with Crippen molar-refractivity contribution in [3.05, 3.63) is 28.9 Å². The van der Waals surface area contributed by atoms with Crippen molar-refractivity contribution in [3.8, 4) is 0 Å². The fraction of sp³-hybridized carbons (Fsp3) is 0.556. The molecule has 1 aromatic carbocycles. The van der Waals surface area contributed by atoms with Crippen molar-refractivity contribution in [2.24, 2.45) is 5.92 Å². The van der Waals surface area contributed by atoms with Crippen LogP contribution in [0.25, 0.3) is 10.9 Å². The summed E-state index contributed by atoms with van der Waals surface area (Å²) in [6.07, 6.45) is 0.651. The van der Waals surface area contributed by atoms with Gasteiger partial charge < -0.3 is 9.64 Å². The number of halogens is 1. The normalized spacial score (nSPS) is 22.0. The molecule has 5 nitrogen and oxygen atoms in total. The molecule has 2 aromatic rings. The third-order valence-electron chi connectivity index (χ3n) is 4.39. The van der Waals surface area contributed by atoms with E-state index in [0.29, 0.717) is 19.0 Å². The number of fused-ring (bicyclic) bond motifs is 1. The van der Waals surface area contributed by atoms with Crippen LogP contribution in [-0.4, -0.2) is 39.5 Å². The highest BCUT2D eigenvalue weighted by Crippen LogP contribution is 2.33. The van der Waals surface area contributed by atoms with Gasteiger partial charge in [-0.3, -0.25) is 4.68 Å². The number of amides is 1. The zero-order valence-corrected chi connectivity index (χ0v) is 16.2. The molecule has 3 rings (SSSR count). The second-order valence-electron chi connectivity index (χ2n) is 7.51. The number of likely N-dealkylation sites (tertiary alicyclic amines) is 1. The Labute approximate surface area is 151 Å². The van der Waals surface area contributed by atoms with E-state index >= 15 is 0 Å². The van der Waals surface area contributed by atoms with Gasteiger partial charge in [0.15, 0.2) is 0 Å². The predicted octanol–water partition coefficient (Wildman–Crippen LogP) is 4.62. The molecular formula is C18H24BrN3O2. The zero-order valence-electron chi connectivity index (χ0n) is 14.6. The molecule has 0 spiro atoms. The minimum atomic E-state index is -0.458. The van der Waals surface area contributed by atoms with Crippen LogP contribution in [0.15, 0.2) is 28.9 Å². The van der Waals surface area contributed by atoms with E-state index in [1.54, 1.807) is 0 Å². The summed E-state index contributed by atoms with van der Waals surface area (Å²) in [6, 6.07) is 8.50. The Kier molecular flexibility index (Phi) is 4.60. The minimum Gasteiger partial charge on any atom is -0.444 e. The number of carbonyl (C=O) groups excluding carboxylic acids is 1. The molecular weight excluding hydrogens is 370 g/mol. The number of hydrogen-bond donors (Lipinski definition) is 0. The van der Waals surface area contributed by atoms with Gasteiger partial charge in [-0.05, 0) is 55.1 Å². The van der Waals surface area contributed by atoms with E-state index in [2.05, 4.69) is 39.7 Å². The first kappa shape index (κ1) is 17.3. The van der Waals surface area contributed by atoms with Gasteiger partial charge in [-0.2, -0.15) is 5.10 Å². The summed E-state index contributed by atoms with van der Waals surface area (Å²) in [5.41, 5.74) is 0.673. The lowest BCUT2D eigenvalue weighted by Gasteiger charge is -2.37. The van der Waals surface area contributed by atoms with Gasteiger partial charge in [-0.15, -0.1) is 0 Å². The first-order valence-electron chi connectivity index (χ1n) is 8.37. The van der Waals surface area contributed by atoms with Crippen molar-refractivity contribution < 1.29 is 9.53 Å². The smallest absolute Gasteiger partial charge is 0.410 e. The second kappa shape index (κ2) is 6.39. The summed E-state index contributed by atoms with van der Waals surface area (Å²) in [6.45, 7) is 9.24. The number of rotatable bonds is 1. The first-order chi connectivity index (χ1) is 11.3. The number of piperidine rings is 1. The van der Waals surface area contributed by atoms with Crippen molar-refractivity contribution in [2.45, 2.75) is 45.8 Å². The Hall–Kier alpha value is -1.56. The third kappa shape index (κ3) is 3.43. The molecule has 2 heterocycles. The molecule has 6 heteroatoms. The summed E-state index contributed by atoms with van der Waals surface area (Å²) >= 11 is 3.56. The fourth-order valence-electron chi connectivity index (χ4n) is 3.29. The number of hydrogen-bond acceptors (Lipinski definition) is 3. The summed E-state index contributed by atoms with van der Waals surface area (Å²) in [5, 5.41) is 5.82. The van der Waals surface area contributed by atoms with Crippen LogP contribution in [-0.2, 0) is 4.74 Å². The maximum Gasteiger partial charge on any atom is 0.410 e. The minimum absolute atomic E-state index is 0.223. The monoisotopic (exact) mass is 393 g/mol. The Morgan fingerprint density at radius 2 is 2.04 bits per heavy atom. The van der Waals surface area contributed by atoms with Crippen LogP contribution in [0.3, 0.4) is 0 Å². The Morgan fingerprint density at radius 1 is 1.33 bits per heavy atom. The van der Waals surface area contributed by atoms with Gasteiger partial charge >= 0.3 is 6.09 Å². The number of carbonyl (C=O) groups is 1. The van der Waals surface area contributed by atoms with Gasteiger partial charge in [-0.25, -0.2) is 4.79 Å². The molecule has 24 heavy (non-hydrogen) atoms. The number of para-hydroxylation sites is 1. The van der Waals surface area contributed by atoms with Crippen LogP contribution in [0.1, 0.15) is 40.2 Å². The van der Waals surface area contributed by atoms with Crippen LogP contribution < -0.4 is 0 Å². The van der Waals surface area contributed by atoms with Crippen LogP contribution in [0, 0.1) is 5.92 Å². The molecule has 0 N–H and O–H groups in total. The van der Waals surface area contributed by atoms with Gasteiger partial charge in [0, 0.05) is 18.5 Å². The maximum absolute atomic E-state index is 12.3. The molecule has 0 saturated carbocycles. The van der Waals surface area contributed by atoms with Gasteiger partial charge in [-0.1, -0.05) is 25.1 Å². The van der Waals surface area contributed by atoms with Gasteiger partial charge in [0.05, 0.1) is 11.6 Å². The molecule has 1 fully saturated rings. The lowest BCUT2D eigenvalue weighted by molar-refractivity contribution is 0.0121. The van der Waals surface area contributed by atoms with Crippen LogP contribution >= 0.6 is 15.9 Å². The maximum atomic E-state index is 12.3. The topological polar surface area (TPSA) is 47.4 Å². The summed E-state index contributed by atoms with van der Waals surface area (Å²) in [5.74, 6) is 0.307. The van der Waals surface area contributed by atoms with Crippen molar-refractivity contribution >= 4 is 32.9 Å². The van der Waals surface area contributed by atoms with E-state index in [9.17, 15) is 4.79 Å². The Balaban J connectivity index is 1.77. The highest BCUT2D eigenvalue weighted by molar-refractivity contribution is 9.10. The van der Waals surface area contributed by atoms with E-state index in [4.69, 9.17) is 9.84 Å². The van der Waals surface area contributed by atoms with E-state index in [0.717, 1.165) is 21.9 Å². The summed E-state index contributed by atoms with van der Waals surface area (Å²) in [7, 11) is 0. The van der Waals surface area contributed by atoms with Crippen LogP contribution in [0.5, 0.6) is 0 Å². The number of aromatic nitrogens is 2. The fourth-order valence-corrected chi connectivity index (χ4v) is 3.80. The number of benzene rings is 1. The average molecular weight is 394 g/mol. The van der Waals surface area contributed by atoms with E-state index in [1.165, 1.54) is 0 Å². The first-order valence-corrected chi connectivity index (χ1v) is 9.16. The molecule has 2 atom stereocenters. The molecule has 0 bridgehead atoms. The molecule has 1 amide bonds. The van der Waals surface area contributed by atoms with E-state index in [-0.39, 0.29) is 12.1 Å². The molecule has 0 radical (unpaired) electrons. The largest absolute Gasteiger partial charge is 0.444 e. The zero-order chi connectivity index (χ0) is 17.5. The van der Waals surface area contributed by atoms with Crippen molar-refractivity contribution in [1.29, 1.82) is 0 Å². The van der Waals surface area contributed by atoms with Crippen molar-refractivity contribution in [3.63, 3.8) is 0 Å². The molecule has 1 aliphatic heterocycles. The standard InChI is InChI=1S/C18H24BrN3O2/c1-12-11-21(17(23)24-18(2,3)4)10-9-14(12)22-15-8-6-5-7-13(15)16(19)20-22/h5-8,12,14H,9-11H2,1-4H3/t12-,14+/m1/s1. The molecule has 0 aliphatic carbocycles. The lowest BCUT2D eigenvalue weighted by atomic mass is 9.94. The molecule has 1 aromatic heterocycles. The highest BCUT2D eigenvalue weighted by atomic mass is 79.9. The quantitative estimate of drug-likeness (QED) is 0.709. The SMILES string of the molecule is C[C@@H]1CN(C(=O)OC(C)(C)C)CC[C@@H]1n1nc(Br)c2ccccc21. The number of nitrogens with zero attached hydrogens (tertiary/aromatic N) is 3. The van der Waals surface area contributed by atoms with Gasteiger partial charge in [0.25, 0.3) is 0 Å². The van der Waals surface area contributed by atoms with Gasteiger partial charge in [0.2, 0.25) is 0 Å². The lowest BCUT2D eigenvalue weighted by Crippen LogP contribution is -2.45. The number of ether oxygens (including phenoxy) is 1. The van der Waals surface area contributed by atoms with Crippen molar-refractivity contribution in [2.75, 3.05) is 13.1 Å². The summed E-state index contributed by atoms with van der Waals surface area (Å²) in [4.78, 5) is 14.1. The molecule has 1 saturated heterocycles. The Bertz CT molecular complexity index is 750. The van der Waals surface area contributed by atoms with Crippen molar-refractivity contribution in [1.82, 2.24) is 14.7 Å². The van der Waals surface area contributed by atoms with Crippen LogP contribution in [0.4, 0.5) is 4.79 Å². The predicted molar refractivity (Wildman–Crippen MR) is 98.1 cm³/mol. The molecule has 130 valence electrons. The molecule has 1 aliphatic rings. The average Bonchev–Trinajstić information content (AvgIpc) is 2.83. The molecule has 0 unspecified atom stereocenters.